The van der Waals surface area contributed by atoms with E-state index in [-0.39, 0.29) is 11.8 Å². The van der Waals surface area contributed by atoms with Crippen molar-refractivity contribution < 1.29 is 9.32 Å². The number of carbonyl (C=O) groups is 1. The first-order valence-corrected chi connectivity index (χ1v) is 10.1. The van der Waals surface area contributed by atoms with Crippen molar-refractivity contribution in [2.45, 2.75) is 25.8 Å². The first-order chi connectivity index (χ1) is 14.7. The summed E-state index contributed by atoms with van der Waals surface area (Å²) in [4.78, 5) is 16.7. The third-order valence-corrected chi connectivity index (χ3v) is 4.98. The third-order valence-electron chi connectivity index (χ3n) is 4.98. The topological polar surface area (TPSA) is 91.6 Å². The number of amides is 1. The highest BCUT2D eigenvalue weighted by molar-refractivity contribution is 5.94. The number of nitrogens with one attached hydrogen (secondary N) is 3. The summed E-state index contributed by atoms with van der Waals surface area (Å²) in [6, 6.07) is 19.7. The van der Waals surface area contributed by atoms with Crippen molar-refractivity contribution in [3.05, 3.63) is 71.9 Å². The van der Waals surface area contributed by atoms with E-state index < -0.39 is 0 Å². The molecule has 1 unspecified atom stereocenters. The van der Waals surface area contributed by atoms with Gasteiger partial charge in [-0.3, -0.25) is 4.79 Å². The lowest BCUT2D eigenvalue weighted by molar-refractivity contribution is -0.116. The Morgan fingerprint density at radius 3 is 2.80 bits per heavy atom. The van der Waals surface area contributed by atoms with Gasteiger partial charge >= 0.3 is 0 Å². The van der Waals surface area contributed by atoms with Crippen LogP contribution in [0.15, 0.2) is 70.2 Å². The molecule has 0 spiro atoms. The Balaban J connectivity index is 1.41. The lowest BCUT2D eigenvalue weighted by atomic mass is 9.90. The molecule has 2 aromatic carbocycles. The van der Waals surface area contributed by atoms with Gasteiger partial charge in [0.15, 0.2) is 11.7 Å². The summed E-state index contributed by atoms with van der Waals surface area (Å²) < 4.78 is 5.44. The number of fused-ring (bicyclic) bond motifs is 1. The molecule has 30 heavy (non-hydrogen) atoms. The quantitative estimate of drug-likeness (QED) is 0.433. The maximum absolute atomic E-state index is 12.0. The molecular formula is C23H25N5O2. The second-order valence-electron chi connectivity index (χ2n) is 7.16. The normalized spacial score (nSPS) is 16.0. The highest BCUT2D eigenvalue weighted by atomic mass is 16.5. The van der Waals surface area contributed by atoms with E-state index >= 15 is 0 Å². The van der Waals surface area contributed by atoms with Crippen LogP contribution < -0.4 is 16.0 Å². The molecule has 0 fully saturated rings. The minimum Gasteiger partial charge on any atom is -0.357 e. The maximum Gasteiger partial charge on any atom is 0.225 e. The summed E-state index contributed by atoms with van der Waals surface area (Å²) in [6.45, 7) is 3.77. The Morgan fingerprint density at radius 1 is 1.17 bits per heavy atom. The number of para-hydroxylation sites is 1. The Hall–Kier alpha value is -3.61. The molecule has 1 aromatic heterocycles. The number of anilines is 1. The number of carbonyl (C=O) groups excluding carboxylic acids is 1. The summed E-state index contributed by atoms with van der Waals surface area (Å²) >= 11 is 0. The fourth-order valence-corrected chi connectivity index (χ4v) is 3.53. The van der Waals surface area contributed by atoms with Gasteiger partial charge in [-0.25, -0.2) is 4.99 Å². The van der Waals surface area contributed by atoms with Crippen LogP contribution in [-0.2, 0) is 11.3 Å². The van der Waals surface area contributed by atoms with E-state index in [1.54, 1.807) is 0 Å². The molecule has 1 amide bonds. The van der Waals surface area contributed by atoms with Crippen molar-refractivity contribution in [2.24, 2.45) is 4.99 Å². The Labute approximate surface area is 175 Å². The van der Waals surface area contributed by atoms with Gasteiger partial charge in [-0.15, -0.1) is 0 Å². The molecule has 0 aliphatic carbocycles. The molecule has 0 bridgehead atoms. The molecule has 2 heterocycles. The number of aromatic nitrogens is 1. The van der Waals surface area contributed by atoms with Crippen LogP contribution in [0.1, 0.15) is 30.5 Å². The zero-order chi connectivity index (χ0) is 20.8. The molecule has 7 heteroatoms. The van der Waals surface area contributed by atoms with Crippen LogP contribution in [0, 0.1) is 0 Å². The molecule has 3 aromatic rings. The molecule has 154 valence electrons. The second kappa shape index (κ2) is 9.26. The van der Waals surface area contributed by atoms with Crippen molar-refractivity contribution in [1.82, 2.24) is 15.8 Å². The molecular weight excluding hydrogens is 378 g/mol. The summed E-state index contributed by atoms with van der Waals surface area (Å²) in [5.74, 6) is 1.54. The number of benzene rings is 2. The number of hydrogen-bond donors (Lipinski definition) is 3. The predicted octanol–water partition coefficient (Wildman–Crippen LogP) is 3.52. The van der Waals surface area contributed by atoms with Gasteiger partial charge in [0.2, 0.25) is 5.91 Å². The minimum absolute atomic E-state index is 0.0403. The first-order valence-electron chi connectivity index (χ1n) is 10.1. The zero-order valence-corrected chi connectivity index (χ0v) is 16.9. The van der Waals surface area contributed by atoms with Gasteiger partial charge in [-0.1, -0.05) is 53.7 Å². The van der Waals surface area contributed by atoms with Crippen molar-refractivity contribution in [2.75, 3.05) is 18.4 Å². The van der Waals surface area contributed by atoms with Crippen molar-refractivity contribution >= 4 is 17.6 Å². The van der Waals surface area contributed by atoms with Gasteiger partial charge in [0.25, 0.3) is 0 Å². The van der Waals surface area contributed by atoms with Gasteiger partial charge in [0.05, 0.1) is 6.54 Å². The highest BCUT2D eigenvalue weighted by Gasteiger charge is 2.24. The van der Waals surface area contributed by atoms with E-state index in [0.29, 0.717) is 25.5 Å². The van der Waals surface area contributed by atoms with E-state index in [1.807, 2.05) is 61.5 Å². The smallest absolute Gasteiger partial charge is 0.225 e. The van der Waals surface area contributed by atoms with Crippen LogP contribution in [0.3, 0.4) is 0 Å². The number of hydrogen-bond acceptors (Lipinski definition) is 4. The van der Waals surface area contributed by atoms with E-state index in [9.17, 15) is 4.79 Å². The molecule has 0 saturated carbocycles. The minimum atomic E-state index is 0.0403. The molecule has 7 nitrogen and oxygen atoms in total. The van der Waals surface area contributed by atoms with Crippen LogP contribution in [0.2, 0.25) is 0 Å². The second-order valence-corrected chi connectivity index (χ2v) is 7.16. The Morgan fingerprint density at radius 2 is 1.97 bits per heavy atom. The largest absolute Gasteiger partial charge is 0.357 e. The number of guanidine groups is 1. The van der Waals surface area contributed by atoms with Crippen molar-refractivity contribution in [1.29, 1.82) is 0 Å². The van der Waals surface area contributed by atoms with Gasteiger partial charge in [0, 0.05) is 42.7 Å². The summed E-state index contributed by atoms with van der Waals surface area (Å²) in [5.41, 5.74) is 3.77. The standard InChI is InChI=1S/C23H25N5O2/c1-2-24-23(25-14-17-12-22(29)27-20-11-7-6-10-19(17)20)26-15-18-13-21(30-28-18)16-8-4-3-5-9-16/h3-11,13,17H,2,12,14-15H2,1H3,(H,27,29)(H2,24,25,26). The molecule has 4 rings (SSSR count). The highest BCUT2D eigenvalue weighted by Crippen LogP contribution is 2.31. The molecule has 1 aliphatic rings. The fraction of sp³-hybridized carbons (Fsp3) is 0.261. The average Bonchev–Trinajstić information content (AvgIpc) is 3.25. The van der Waals surface area contributed by atoms with E-state index in [4.69, 9.17) is 4.52 Å². The Bertz CT molecular complexity index is 1030. The monoisotopic (exact) mass is 403 g/mol. The lowest BCUT2D eigenvalue weighted by Crippen LogP contribution is -2.40. The van der Waals surface area contributed by atoms with Crippen LogP contribution >= 0.6 is 0 Å². The molecule has 1 aliphatic heterocycles. The van der Waals surface area contributed by atoms with E-state index in [1.165, 1.54) is 0 Å². The molecule has 1 atom stereocenters. The van der Waals surface area contributed by atoms with E-state index in [2.05, 4.69) is 32.2 Å². The van der Waals surface area contributed by atoms with Crippen molar-refractivity contribution in [3.63, 3.8) is 0 Å². The summed E-state index contributed by atoms with van der Waals surface area (Å²) in [6.07, 6.45) is 0.452. The molecule has 0 radical (unpaired) electrons. The van der Waals surface area contributed by atoms with Gasteiger partial charge in [-0.2, -0.15) is 0 Å². The fourth-order valence-electron chi connectivity index (χ4n) is 3.53. The number of rotatable bonds is 6. The summed E-state index contributed by atoms with van der Waals surface area (Å²) in [7, 11) is 0. The van der Waals surface area contributed by atoms with Crippen molar-refractivity contribution in [3.8, 4) is 11.3 Å². The molecule has 3 N–H and O–H groups in total. The number of aliphatic imine (C=N–C) groups is 1. The zero-order valence-electron chi connectivity index (χ0n) is 16.9. The SMILES string of the molecule is CCNC(=NCc1cc(-c2ccccc2)on1)NCC1CC(=O)Nc2ccccc21. The maximum atomic E-state index is 12.0. The van der Waals surface area contributed by atoms with Gasteiger partial charge in [-0.05, 0) is 18.6 Å². The van der Waals surface area contributed by atoms with E-state index in [0.717, 1.165) is 34.8 Å². The lowest BCUT2D eigenvalue weighted by Gasteiger charge is -2.26. The van der Waals surface area contributed by atoms with Gasteiger partial charge in [0.1, 0.15) is 5.69 Å². The van der Waals surface area contributed by atoms with Crippen LogP contribution in [0.5, 0.6) is 0 Å². The Kier molecular flexibility index (Phi) is 6.08. The van der Waals surface area contributed by atoms with Crippen LogP contribution in [0.25, 0.3) is 11.3 Å². The first kappa shape index (κ1) is 19.7. The third kappa shape index (κ3) is 4.68. The van der Waals surface area contributed by atoms with Crippen LogP contribution in [-0.4, -0.2) is 30.1 Å². The summed E-state index contributed by atoms with van der Waals surface area (Å²) in [5, 5.41) is 13.7. The van der Waals surface area contributed by atoms with Crippen LogP contribution in [0.4, 0.5) is 5.69 Å². The average molecular weight is 403 g/mol. The molecule has 0 saturated heterocycles. The predicted molar refractivity (Wildman–Crippen MR) is 117 cm³/mol. The van der Waals surface area contributed by atoms with Gasteiger partial charge < -0.3 is 20.5 Å². The number of nitrogens with zero attached hydrogens (tertiary/aromatic N) is 2.